The summed E-state index contributed by atoms with van der Waals surface area (Å²) in [6.45, 7) is 9.40. The van der Waals surface area contributed by atoms with Gasteiger partial charge in [-0.1, -0.05) is 84.9 Å². The summed E-state index contributed by atoms with van der Waals surface area (Å²) < 4.78 is 11.8. The summed E-state index contributed by atoms with van der Waals surface area (Å²) in [6, 6.07) is 43.5. The van der Waals surface area contributed by atoms with Crippen LogP contribution in [0, 0.1) is 0 Å². The SMILES string of the molecule is CC1(C)COC(c2ccc(-c3nc(-c4ccc(C5=NC(C)(C)CO5)cc4)nc(-c4cc(-c5ccccc5)cc(-c5ccccc5)c4)n3)cc2)=N1. The van der Waals surface area contributed by atoms with Gasteiger partial charge in [-0.25, -0.2) is 24.9 Å². The number of benzene rings is 5. The summed E-state index contributed by atoms with van der Waals surface area (Å²) >= 11 is 0. The monoisotopic (exact) mass is 655 g/mol. The predicted octanol–water partition coefficient (Wildman–Crippen LogP) is 9.32. The highest BCUT2D eigenvalue weighted by molar-refractivity contribution is 5.96. The highest BCUT2D eigenvalue weighted by Gasteiger charge is 2.28. The van der Waals surface area contributed by atoms with Crippen molar-refractivity contribution in [2.75, 3.05) is 13.2 Å². The molecule has 246 valence electrons. The third-order valence-corrected chi connectivity index (χ3v) is 8.75. The van der Waals surface area contributed by atoms with E-state index in [4.69, 9.17) is 34.4 Å². The van der Waals surface area contributed by atoms with Crippen molar-refractivity contribution in [3.63, 3.8) is 0 Å². The summed E-state index contributed by atoms with van der Waals surface area (Å²) in [5, 5.41) is 0. The number of ether oxygens (including phenoxy) is 2. The molecule has 0 atom stereocenters. The smallest absolute Gasteiger partial charge is 0.216 e. The Labute approximate surface area is 292 Å². The van der Waals surface area contributed by atoms with Crippen LogP contribution in [0.4, 0.5) is 0 Å². The molecule has 7 heteroatoms. The molecule has 0 saturated heterocycles. The molecule has 3 heterocycles. The first-order valence-corrected chi connectivity index (χ1v) is 16.9. The average molecular weight is 656 g/mol. The number of aliphatic imine (C=N–C) groups is 2. The Kier molecular flexibility index (Phi) is 7.83. The quantitative estimate of drug-likeness (QED) is 0.171. The Morgan fingerprint density at radius 1 is 0.380 bits per heavy atom. The van der Waals surface area contributed by atoms with E-state index in [2.05, 4.69) is 94.4 Å². The van der Waals surface area contributed by atoms with Crippen LogP contribution in [0.25, 0.3) is 56.4 Å². The van der Waals surface area contributed by atoms with Gasteiger partial charge in [0.2, 0.25) is 11.8 Å². The van der Waals surface area contributed by atoms with Crippen LogP contribution in [0.5, 0.6) is 0 Å². The molecular formula is C43H37N5O2. The minimum absolute atomic E-state index is 0.235. The number of nitrogens with zero attached hydrogens (tertiary/aromatic N) is 5. The third kappa shape index (κ3) is 6.54. The number of hydrogen-bond acceptors (Lipinski definition) is 7. The second-order valence-corrected chi connectivity index (χ2v) is 14.0. The van der Waals surface area contributed by atoms with Crippen LogP contribution in [-0.4, -0.2) is 51.0 Å². The maximum Gasteiger partial charge on any atom is 0.216 e. The van der Waals surface area contributed by atoms with Crippen LogP contribution in [0.2, 0.25) is 0 Å². The molecule has 6 aromatic rings. The second kappa shape index (κ2) is 12.5. The second-order valence-electron chi connectivity index (χ2n) is 14.0. The van der Waals surface area contributed by atoms with Crippen molar-refractivity contribution in [1.82, 2.24) is 15.0 Å². The molecule has 0 amide bonds. The Morgan fingerprint density at radius 3 is 1.08 bits per heavy atom. The zero-order valence-electron chi connectivity index (χ0n) is 28.6. The highest BCUT2D eigenvalue weighted by atomic mass is 16.5. The van der Waals surface area contributed by atoms with Gasteiger partial charge in [-0.05, 0) is 92.4 Å². The van der Waals surface area contributed by atoms with Crippen molar-refractivity contribution in [2.45, 2.75) is 38.8 Å². The van der Waals surface area contributed by atoms with E-state index in [9.17, 15) is 0 Å². The zero-order valence-corrected chi connectivity index (χ0v) is 28.6. The van der Waals surface area contributed by atoms with E-state index in [0.29, 0.717) is 42.5 Å². The van der Waals surface area contributed by atoms with Crippen molar-refractivity contribution in [2.24, 2.45) is 9.98 Å². The molecule has 50 heavy (non-hydrogen) atoms. The first-order valence-electron chi connectivity index (χ1n) is 16.9. The molecule has 0 spiro atoms. The van der Waals surface area contributed by atoms with Crippen LogP contribution in [0.15, 0.2) is 137 Å². The lowest BCUT2D eigenvalue weighted by Crippen LogP contribution is -2.17. The fourth-order valence-electron chi connectivity index (χ4n) is 6.10. The van der Waals surface area contributed by atoms with E-state index in [1.54, 1.807) is 0 Å². The molecule has 0 bridgehead atoms. The van der Waals surface area contributed by atoms with Gasteiger partial charge in [0.05, 0.1) is 11.1 Å². The minimum atomic E-state index is -0.235. The van der Waals surface area contributed by atoms with E-state index in [1.807, 2.05) is 60.7 Å². The van der Waals surface area contributed by atoms with E-state index in [-0.39, 0.29) is 11.1 Å². The molecule has 2 aliphatic heterocycles. The maximum absolute atomic E-state index is 5.90. The summed E-state index contributed by atoms with van der Waals surface area (Å²) in [4.78, 5) is 24.7. The highest BCUT2D eigenvalue weighted by Crippen LogP contribution is 2.34. The van der Waals surface area contributed by atoms with Gasteiger partial charge in [0.1, 0.15) is 13.2 Å². The average Bonchev–Trinajstić information content (AvgIpc) is 3.72. The number of aromatic nitrogens is 3. The minimum Gasteiger partial charge on any atom is -0.475 e. The normalized spacial score (nSPS) is 15.9. The van der Waals surface area contributed by atoms with Crippen molar-refractivity contribution in [3.8, 4) is 56.4 Å². The molecule has 0 aliphatic carbocycles. The summed E-state index contributed by atoms with van der Waals surface area (Å²) in [6.07, 6.45) is 0. The molecule has 0 radical (unpaired) electrons. The van der Waals surface area contributed by atoms with Gasteiger partial charge in [0.15, 0.2) is 17.5 Å². The van der Waals surface area contributed by atoms with Crippen molar-refractivity contribution >= 4 is 11.8 Å². The van der Waals surface area contributed by atoms with Crippen molar-refractivity contribution in [3.05, 3.63) is 139 Å². The lowest BCUT2D eigenvalue weighted by Gasteiger charge is -2.13. The number of rotatable bonds is 7. The van der Waals surface area contributed by atoms with Gasteiger partial charge < -0.3 is 9.47 Å². The standard InChI is InChI=1S/C43H37N5O2/c1-42(2)26-49-40(47-42)32-19-15-30(16-20-32)37-44-38(31-17-21-33(22-18-31)41-48-43(3,4)27-50-41)46-39(45-37)36-24-34(28-11-7-5-8-12-28)23-35(25-36)29-13-9-6-10-14-29/h5-25H,26-27H2,1-4H3. The summed E-state index contributed by atoms with van der Waals surface area (Å²) in [7, 11) is 0. The van der Waals surface area contributed by atoms with Crippen LogP contribution in [0.1, 0.15) is 38.8 Å². The fraction of sp³-hybridized carbons (Fsp3) is 0.186. The fourth-order valence-corrected chi connectivity index (χ4v) is 6.10. The van der Waals surface area contributed by atoms with Gasteiger partial charge in [-0.2, -0.15) is 0 Å². The molecule has 7 nitrogen and oxygen atoms in total. The molecule has 1 aromatic heterocycles. The predicted molar refractivity (Wildman–Crippen MR) is 200 cm³/mol. The first-order chi connectivity index (χ1) is 24.2. The lowest BCUT2D eigenvalue weighted by molar-refractivity contribution is 0.279. The van der Waals surface area contributed by atoms with E-state index < -0.39 is 0 Å². The topological polar surface area (TPSA) is 81.9 Å². The lowest BCUT2D eigenvalue weighted by atomic mass is 9.96. The molecule has 0 unspecified atom stereocenters. The van der Waals surface area contributed by atoms with Gasteiger partial charge in [0.25, 0.3) is 0 Å². The molecule has 2 aliphatic rings. The summed E-state index contributed by atoms with van der Waals surface area (Å²) in [5.74, 6) is 3.05. The molecular weight excluding hydrogens is 619 g/mol. The molecule has 8 rings (SSSR count). The Bertz CT molecular complexity index is 2090. The Balaban J connectivity index is 1.25. The Hall–Kier alpha value is -5.95. The van der Waals surface area contributed by atoms with Gasteiger partial charge in [-0.3, -0.25) is 0 Å². The van der Waals surface area contributed by atoms with Crippen LogP contribution in [-0.2, 0) is 9.47 Å². The zero-order chi connectivity index (χ0) is 34.3. The van der Waals surface area contributed by atoms with Gasteiger partial charge in [-0.15, -0.1) is 0 Å². The van der Waals surface area contributed by atoms with Crippen LogP contribution in [0.3, 0.4) is 0 Å². The van der Waals surface area contributed by atoms with E-state index in [1.165, 1.54) is 0 Å². The van der Waals surface area contributed by atoms with Crippen molar-refractivity contribution < 1.29 is 9.47 Å². The maximum atomic E-state index is 5.90. The van der Waals surface area contributed by atoms with E-state index in [0.717, 1.165) is 50.1 Å². The first kappa shape index (κ1) is 31.3. The van der Waals surface area contributed by atoms with Crippen LogP contribution >= 0.6 is 0 Å². The van der Waals surface area contributed by atoms with Crippen molar-refractivity contribution in [1.29, 1.82) is 0 Å². The molecule has 0 fully saturated rings. The van der Waals surface area contributed by atoms with Gasteiger partial charge >= 0.3 is 0 Å². The molecule has 5 aromatic carbocycles. The number of hydrogen-bond donors (Lipinski definition) is 0. The molecule has 0 saturated carbocycles. The van der Waals surface area contributed by atoms with Gasteiger partial charge in [0, 0.05) is 27.8 Å². The Morgan fingerprint density at radius 2 is 0.720 bits per heavy atom. The van der Waals surface area contributed by atoms with E-state index >= 15 is 0 Å². The summed E-state index contributed by atoms with van der Waals surface area (Å²) in [5.41, 5.74) is 8.41. The third-order valence-electron chi connectivity index (χ3n) is 8.75. The molecule has 0 N–H and O–H groups in total. The van der Waals surface area contributed by atoms with Crippen LogP contribution < -0.4 is 0 Å². The largest absolute Gasteiger partial charge is 0.475 e.